The van der Waals surface area contributed by atoms with Gasteiger partial charge in [0.25, 0.3) is 5.69 Å². The molecule has 0 bridgehead atoms. The Morgan fingerprint density at radius 2 is 1.83 bits per heavy atom. The molecule has 2 aromatic carbocycles. The van der Waals surface area contributed by atoms with Crippen LogP contribution in [0.2, 0.25) is 0 Å². The van der Waals surface area contributed by atoms with Gasteiger partial charge in [0.15, 0.2) is 0 Å². The molecule has 1 amide bonds. The molecule has 35 heavy (non-hydrogen) atoms. The van der Waals surface area contributed by atoms with Crippen LogP contribution in [0.5, 0.6) is 5.75 Å². The number of piperazine rings is 1. The van der Waals surface area contributed by atoms with Crippen LogP contribution < -0.4 is 15.4 Å². The van der Waals surface area contributed by atoms with Crippen molar-refractivity contribution < 1.29 is 14.5 Å². The molecule has 3 N–H and O–H groups in total. The number of anilines is 1. The molecule has 0 spiro atoms. The lowest BCUT2D eigenvalue weighted by molar-refractivity contribution is -0.384. The first-order chi connectivity index (χ1) is 17.0. The number of nitrogens with two attached hydrogens (primary N) is 1. The summed E-state index contributed by atoms with van der Waals surface area (Å²) in [4.78, 5) is 30.4. The number of hydrogen-bond donors (Lipinski definition) is 2. The highest BCUT2D eigenvalue weighted by Crippen LogP contribution is 2.24. The van der Waals surface area contributed by atoms with Crippen molar-refractivity contribution in [2.24, 2.45) is 5.73 Å². The molecule has 0 radical (unpaired) electrons. The fraction of sp³-hybridized carbons (Fsp3) is 0.423. The van der Waals surface area contributed by atoms with E-state index in [1.165, 1.54) is 17.7 Å². The zero-order chi connectivity index (χ0) is 24.6. The van der Waals surface area contributed by atoms with Gasteiger partial charge in [0.05, 0.1) is 11.5 Å². The molecule has 2 heterocycles. The molecule has 1 saturated heterocycles. The number of fused-ring (bicyclic) bond motifs is 1. The van der Waals surface area contributed by atoms with Crippen LogP contribution in [-0.4, -0.2) is 60.0 Å². The third-order valence-corrected chi connectivity index (χ3v) is 6.51. The number of amides is 1. The zero-order valence-electron chi connectivity index (χ0n) is 19.9. The largest absolute Gasteiger partial charge is 0.494 e. The number of nitro benzene ring substituents is 1. The Bertz CT molecular complexity index is 1140. The molecule has 1 aliphatic heterocycles. The smallest absolute Gasteiger partial charge is 0.269 e. The number of rotatable bonds is 11. The number of H-pyrrole nitrogens is 1. The zero-order valence-corrected chi connectivity index (χ0v) is 19.9. The predicted octanol–water partition coefficient (Wildman–Crippen LogP) is 3.87. The van der Waals surface area contributed by atoms with E-state index in [0.717, 1.165) is 61.1 Å². The number of ether oxygens (including phenoxy) is 1. The molecule has 1 fully saturated rings. The minimum absolute atomic E-state index is 0.0892. The molecule has 0 aliphatic carbocycles. The number of carbonyl (C=O) groups excluding carboxylic acids is 1. The molecule has 1 aromatic heterocycles. The Hall–Kier alpha value is -3.59. The average molecular weight is 480 g/mol. The molecular formula is C26H33N5O4. The van der Waals surface area contributed by atoms with Crippen LogP contribution in [0, 0.1) is 10.1 Å². The molecule has 186 valence electrons. The summed E-state index contributed by atoms with van der Waals surface area (Å²) in [6.45, 7) is 4.06. The molecule has 0 unspecified atom stereocenters. The Morgan fingerprint density at radius 1 is 1.06 bits per heavy atom. The lowest BCUT2D eigenvalue weighted by atomic mass is 10.1. The number of nitrogens with zero attached hydrogens (tertiary/aromatic N) is 3. The molecule has 9 heteroatoms. The lowest BCUT2D eigenvalue weighted by Gasteiger charge is -2.36. The summed E-state index contributed by atoms with van der Waals surface area (Å²) in [6, 6.07) is 12.7. The Balaban J connectivity index is 1.12. The molecule has 9 nitrogen and oxygen atoms in total. The van der Waals surface area contributed by atoms with Gasteiger partial charge in [-0.3, -0.25) is 14.9 Å². The van der Waals surface area contributed by atoms with Crippen molar-refractivity contribution in [3.8, 4) is 5.75 Å². The van der Waals surface area contributed by atoms with Crippen LogP contribution >= 0.6 is 0 Å². The minimum Gasteiger partial charge on any atom is -0.494 e. The summed E-state index contributed by atoms with van der Waals surface area (Å²) in [5.41, 5.74) is 9.04. The van der Waals surface area contributed by atoms with Crippen LogP contribution in [0.4, 0.5) is 11.4 Å². The van der Waals surface area contributed by atoms with Gasteiger partial charge in [0.2, 0.25) is 5.91 Å². The summed E-state index contributed by atoms with van der Waals surface area (Å²) in [6.07, 6.45) is 6.09. The normalized spacial score (nSPS) is 13.9. The van der Waals surface area contributed by atoms with Crippen LogP contribution in [0.1, 0.15) is 31.2 Å². The standard InChI is InChI=1S/C26H33N5O4/c27-12-11-20-19-28-25-10-9-23(18-24(20)25)35-17-3-1-2-4-26(32)30-15-13-29(14-16-30)21-5-7-22(8-6-21)31(33)34/h5-10,18-19,28H,1-4,11-17,27H2. The number of nitrogens with one attached hydrogen (secondary N) is 1. The summed E-state index contributed by atoms with van der Waals surface area (Å²) in [7, 11) is 0. The van der Waals surface area contributed by atoms with Crippen molar-refractivity contribution >= 4 is 28.2 Å². The maximum absolute atomic E-state index is 12.6. The first-order valence-electron chi connectivity index (χ1n) is 12.2. The van der Waals surface area contributed by atoms with Crippen molar-refractivity contribution in [2.45, 2.75) is 32.1 Å². The van der Waals surface area contributed by atoms with Crippen LogP contribution in [-0.2, 0) is 11.2 Å². The molecule has 3 aromatic rings. The topological polar surface area (TPSA) is 118 Å². The number of nitro groups is 1. The summed E-state index contributed by atoms with van der Waals surface area (Å²) >= 11 is 0. The SMILES string of the molecule is NCCc1c[nH]c2ccc(OCCCCCC(=O)N3CCN(c4ccc([N+](=O)[O-])cc4)CC3)cc12. The number of aromatic nitrogens is 1. The summed E-state index contributed by atoms with van der Waals surface area (Å²) < 4.78 is 5.93. The third-order valence-electron chi connectivity index (χ3n) is 6.51. The second-order valence-corrected chi connectivity index (χ2v) is 8.86. The predicted molar refractivity (Wildman–Crippen MR) is 137 cm³/mol. The summed E-state index contributed by atoms with van der Waals surface area (Å²) in [5, 5.41) is 12.0. The van der Waals surface area contributed by atoms with Gasteiger partial charge in [-0.1, -0.05) is 0 Å². The van der Waals surface area contributed by atoms with Crippen molar-refractivity contribution in [1.82, 2.24) is 9.88 Å². The lowest BCUT2D eigenvalue weighted by Crippen LogP contribution is -2.48. The molecular weight excluding hydrogens is 446 g/mol. The van der Waals surface area contributed by atoms with Gasteiger partial charge >= 0.3 is 0 Å². The highest BCUT2D eigenvalue weighted by atomic mass is 16.6. The molecule has 0 atom stereocenters. The molecule has 0 saturated carbocycles. The minimum atomic E-state index is -0.395. The Kier molecular flexibility index (Phi) is 8.20. The van der Waals surface area contributed by atoms with Crippen molar-refractivity contribution in [3.63, 3.8) is 0 Å². The second kappa shape index (κ2) is 11.7. The van der Waals surface area contributed by atoms with Crippen LogP contribution in [0.3, 0.4) is 0 Å². The number of unbranched alkanes of at least 4 members (excludes halogenated alkanes) is 2. The van der Waals surface area contributed by atoms with Crippen LogP contribution in [0.25, 0.3) is 10.9 Å². The van der Waals surface area contributed by atoms with E-state index < -0.39 is 4.92 Å². The number of benzene rings is 2. The fourth-order valence-corrected chi connectivity index (χ4v) is 4.51. The van der Waals surface area contributed by atoms with E-state index in [-0.39, 0.29) is 11.6 Å². The van der Waals surface area contributed by atoms with Crippen molar-refractivity contribution in [3.05, 3.63) is 64.3 Å². The Labute approximate surface area is 205 Å². The van der Waals surface area contributed by atoms with Crippen molar-refractivity contribution in [1.29, 1.82) is 0 Å². The number of aromatic amines is 1. The highest BCUT2D eigenvalue weighted by Gasteiger charge is 2.21. The fourth-order valence-electron chi connectivity index (χ4n) is 4.51. The van der Waals surface area contributed by atoms with Gasteiger partial charge in [0, 0.05) is 67.5 Å². The molecule has 4 rings (SSSR count). The highest BCUT2D eigenvalue weighted by molar-refractivity contribution is 5.84. The van der Waals surface area contributed by atoms with Crippen molar-refractivity contribution in [2.75, 3.05) is 44.2 Å². The van der Waals surface area contributed by atoms with Gasteiger partial charge in [-0.2, -0.15) is 0 Å². The van der Waals surface area contributed by atoms with E-state index >= 15 is 0 Å². The van der Waals surface area contributed by atoms with E-state index in [1.54, 1.807) is 12.1 Å². The number of carbonyl (C=O) groups is 1. The maximum atomic E-state index is 12.6. The Morgan fingerprint density at radius 3 is 2.54 bits per heavy atom. The molecule has 1 aliphatic rings. The van der Waals surface area contributed by atoms with E-state index in [4.69, 9.17) is 10.5 Å². The number of non-ortho nitro benzene ring substituents is 1. The second-order valence-electron chi connectivity index (χ2n) is 8.86. The first-order valence-corrected chi connectivity index (χ1v) is 12.2. The van der Waals surface area contributed by atoms with Gasteiger partial charge < -0.3 is 25.3 Å². The monoisotopic (exact) mass is 479 g/mol. The maximum Gasteiger partial charge on any atom is 0.269 e. The first kappa shape index (κ1) is 24.5. The quantitative estimate of drug-likeness (QED) is 0.245. The average Bonchev–Trinajstić information content (AvgIpc) is 3.28. The van der Waals surface area contributed by atoms with E-state index in [2.05, 4.69) is 16.0 Å². The van der Waals surface area contributed by atoms with Gasteiger partial charge in [-0.05, 0) is 68.1 Å². The van der Waals surface area contributed by atoms with E-state index in [0.29, 0.717) is 32.7 Å². The van der Waals surface area contributed by atoms with Gasteiger partial charge in [-0.25, -0.2) is 0 Å². The van der Waals surface area contributed by atoms with E-state index in [1.807, 2.05) is 23.2 Å². The van der Waals surface area contributed by atoms with Crippen LogP contribution in [0.15, 0.2) is 48.7 Å². The van der Waals surface area contributed by atoms with Gasteiger partial charge in [0.1, 0.15) is 5.75 Å². The third kappa shape index (κ3) is 6.30. The number of hydrogen-bond acceptors (Lipinski definition) is 6. The summed E-state index contributed by atoms with van der Waals surface area (Å²) in [5.74, 6) is 1.05. The van der Waals surface area contributed by atoms with Gasteiger partial charge in [-0.15, -0.1) is 0 Å². The van der Waals surface area contributed by atoms with E-state index in [9.17, 15) is 14.9 Å².